The molecule has 0 unspecified atom stereocenters. The largest absolute Gasteiger partial charge is 0.445 e. The summed E-state index contributed by atoms with van der Waals surface area (Å²) in [5.74, 6) is 2.22. The number of hydrogen-bond donors (Lipinski definition) is 1. The molecule has 1 fully saturated rings. The number of rotatable bonds is 7. The molecule has 3 atom stereocenters. The molecule has 1 aromatic rings. The van der Waals surface area contributed by atoms with E-state index < -0.39 is 8.32 Å². The number of allylic oxidation sites excluding steroid dienone is 1. The lowest BCUT2D eigenvalue weighted by atomic mass is 9.95. The van der Waals surface area contributed by atoms with E-state index in [4.69, 9.17) is 9.16 Å². The molecule has 1 heterocycles. The molecule has 1 aliphatic heterocycles. The predicted molar refractivity (Wildman–Crippen MR) is 121 cm³/mol. The van der Waals surface area contributed by atoms with Crippen LogP contribution in [0, 0.1) is 5.92 Å². The summed E-state index contributed by atoms with van der Waals surface area (Å²) in [6, 6.07) is 9.68. The molecule has 0 spiro atoms. The summed E-state index contributed by atoms with van der Waals surface area (Å²) >= 11 is 1.86. The van der Waals surface area contributed by atoms with Gasteiger partial charge in [-0.05, 0) is 41.8 Å². The van der Waals surface area contributed by atoms with Crippen molar-refractivity contribution >= 4 is 26.2 Å². The Morgan fingerprint density at radius 3 is 2.57 bits per heavy atom. The highest BCUT2D eigenvalue weighted by Gasteiger charge is 2.44. The van der Waals surface area contributed by atoms with Gasteiger partial charge in [-0.25, -0.2) is 4.79 Å². The van der Waals surface area contributed by atoms with Crippen LogP contribution in [0.1, 0.15) is 32.8 Å². The van der Waals surface area contributed by atoms with E-state index in [-0.39, 0.29) is 29.9 Å². The second-order valence-corrected chi connectivity index (χ2v) is 14.8. The van der Waals surface area contributed by atoms with E-state index in [1.165, 1.54) is 0 Å². The molecule has 0 radical (unpaired) electrons. The summed E-state index contributed by atoms with van der Waals surface area (Å²) in [6.07, 6.45) is 2.47. The number of alkyl carbamates (subject to hydrolysis) is 1. The minimum absolute atomic E-state index is 0.00980. The quantitative estimate of drug-likeness (QED) is 0.459. The van der Waals surface area contributed by atoms with E-state index in [9.17, 15) is 4.79 Å². The van der Waals surface area contributed by atoms with Gasteiger partial charge in [-0.2, -0.15) is 11.8 Å². The molecule has 156 valence electrons. The van der Waals surface area contributed by atoms with Gasteiger partial charge in [0, 0.05) is 5.75 Å². The maximum Gasteiger partial charge on any atom is 0.407 e. The molecule has 0 aromatic heterocycles. The molecule has 1 aliphatic rings. The zero-order chi connectivity index (χ0) is 20.8. The van der Waals surface area contributed by atoms with Gasteiger partial charge in [0.1, 0.15) is 6.61 Å². The van der Waals surface area contributed by atoms with Crippen molar-refractivity contribution in [3.05, 3.63) is 48.6 Å². The van der Waals surface area contributed by atoms with Crippen LogP contribution in [0.5, 0.6) is 0 Å². The van der Waals surface area contributed by atoms with E-state index in [0.29, 0.717) is 5.92 Å². The third kappa shape index (κ3) is 6.39. The fraction of sp³-hybridized carbons (Fsp3) is 0.591. The van der Waals surface area contributed by atoms with E-state index >= 15 is 0 Å². The summed E-state index contributed by atoms with van der Waals surface area (Å²) in [7, 11) is -1.96. The number of thioether (sulfide) groups is 1. The average molecular weight is 422 g/mol. The Morgan fingerprint density at radius 1 is 1.29 bits per heavy atom. The summed E-state index contributed by atoms with van der Waals surface area (Å²) < 4.78 is 12.2. The third-order valence-corrected chi connectivity index (χ3v) is 11.4. The van der Waals surface area contributed by atoms with E-state index in [1.807, 2.05) is 48.2 Å². The summed E-state index contributed by atoms with van der Waals surface area (Å²) in [6.45, 7) is 15.5. The van der Waals surface area contributed by atoms with Gasteiger partial charge < -0.3 is 14.5 Å². The summed E-state index contributed by atoms with van der Waals surface area (Å²) in [5.41, 5.74) is 0.981. The summed E-state index contributed by atoms with van der Waals surface area (Å²) in [4.78, 5) is 12.5. The molecule has 1 saturated heterocycles. The van der Waals surface area contributed by atoms with Gasteiger partial charge >= 0.3 is 6.09 Å². The summed E-state index contributed by atoms with van der Waals surface area (Å²) in [5, 5.41) is 3.20. The monoisotopic (exact) mass is 421 g/mol. The minimum atomic E-state index is -1.96. The molecule has 1 N–H and O–H groups in total. The first-order valence-corrected chi connectivity index (χ1v) is 14.0. The number of carbonyl (C=O) groups excluding carboxylic acids is 1. The molecule has 4 nitrogen and oxygen atoms in total. The number of ether oxygens (including phenoxy) is 1. The SMILES string of the molecule is C=CC[C@H]1CSC[C@@H](NC(=O)OCc2ccccc2)[C@H]1O[Si](C)(C)C(C)(C)C. The number of benzene rings is 1. The second kappa shape index (κ2) is 9.99. The normalized spacial score (nSPS) is 23.1. The van der Waals surface area contributed by atoms with Crippen molar-refractivity contribution in [2.75, 3.05) is 11.5 Å². The molecule has 1 amide bonds. The van der Waals surface area contributed by atoms with Crippen LogP contribution in [0.25, 0.3) is 0 Å². The Bertz CT molecular complexity index is 645. The van der Waals surface area contributed by atoms with Crippen molar-refractivity contribution in [1.82, 2.24) is 5.32 Å². The van der Waals surface area contributed by atoms with Gasteiger partial charge in [0.25, 0.3) is 0 Å². The Balaban J connectivity index is 2.05. The van der Waals surface area contributed by atoms with E-state index in [1.54, 1.807) is 0 Å². The van der Waals surface area contributed by atoms with Crippen LogP contribution < -0.4 is 5.32 Å². The Kier molecular flexibility index (Phi) is 8.22. The maximum atomic E-state index is 12.5. The molecule has 1 aromatic carbocycles. The Labute approximate surface area is 175 Å². The van der Waals surface area contributed by atoms with Gasteiger partial charge in [-0.1, -0.05) is 57.2 Å². The highest BCUT2D eigenvalue weighted by Crippen LogP contribution is 2.40. The molecule has 6 heteroatoms. The fourth-order valence-electron chi connectivity index (χ4n) is 3.02. The molecular formula is C22H35NO3SSi. The van der Waals surface area contributed by atoms with Crippen molar-refractivity contribution in [2.24, 2.45) is 5.92 Å². The zero-order valence-corrected chi connectivity index (χ0v) is 19.7. The topological polar surface area (TPSA) is 47.6 Å². The molecular weight excluding hydrogens is 386 g/mol. The van der Waals surface area contributed by atoms with Crippen molar-refractivity contribution in [3.63, 3.8) is 0 Å². The first kappa shape index (κ1) is 23.0. The lowest BCUT2D eigenvalue weighted by molar-refractivity contribution is 0.0809. The van der Waals surface area contributed by atoms with Crippen LogP contribution in [-0.4, -0.2) is 38.1 Å². The zero-order valence-electron chi connectivity index (χ0n) is 17.9. The van der Waals surface area contributed by atoms with Gasteiger partial charge in [-0.3, -0.25) is 0 Å². The Morgan fingerprint density at radius 2 is 1.96 bits per heavy atom. The van der Waals surface area contributed by atoms with Crippen molar-refractivity contribution < 1.29 is 14.0 Å². The molecule has 0 aliphatic carbocycles. The third-order valence-electron chi connectivity index (χ3n) is 5.71. The van der Waals surface area contributed by atoms with Gasteiger partial charge in [0.15, 0.2) is 8.32 Å². The van der Waals surface area contributed by atoms with Crippen molar-refractivity contribution in [3.8, 4) is 0 Å². The highest BCUT2D eigenvalue weighted by molar-refractivity contribution is 7.99. The van der Waals surface area contributed by atoms with Gasteiger partial charge in [0.05, 0.1) is 12.1 Å². The van der Waals surface area contributed by atoms with Crippen LogP contribution in [0.4, 0.5) is 4.79 Å². The second-order valence-electron chi connectivity index (χ2n) is 8.98. The number of hydrogen-bond acceptors (Lipinski definition) is 4. The molecule has 0 saturated carbocycles. The van der Waals surface area contributed by atoms with Crippen LogP contribution in [0.3, 0.4) is 0 Å². The molecule has 0 bridgehead atoms. The standard InChI is InChI=1S/C22H35NO3SSi/c1-7-11-18-15-27-16-19(20(18)26-28(5,6)22(2,3)4)23-21(24)25-14-17-12-9-8-10-13-17/h7-10,12-13,18-20H,1,11,14-16H2,2-6H3,(H,23,24)/t18-,19+,20-/m0/s1. The highest BCUT2D eigenvalue weighted by atomic mass is 32.2. The lowest BCUT2D eigenvalue weighted by Gasteiger charge is -2.45. The predicted octanol–water partition coefficient (Wildman–Crippen LogP) is 5.61. The number of nitrogens with one attached hydrogen (secondary N) is 1. The first-order valence-electron chi connectivity index (χ1n) is 9.97. The van der Waals surface area contributed by atoms with Crippen LogP contribution in [-0.2, 0) is 15.8 Å². The van der Waals surface area contributed by atoms with Crippen LogP contribution >= 0.6 is 11.8 Å². The Hall–Kier alpha value is -1.24. The maximum absolute atomic E-state index is 12.5. The number of carbonyl (C=O) groups is 1. The van der Waals surface area contributed by atoms with E-state index in [0.717, 1.165) is 23.5 Å². The van der Waals surface area contributed by atoms with Crippen molar-refractivity contribution in [2.45, 2.75) is 64.1 Å². The van der Waals surface area contributed by atoms with Crippen LogP contribution in [0.2, 0.25) is 18.1 Å². The molecule has 28 heavy (non-hydrogen) atoms. The average Bonchev–Trinajstić information content (AvgIpc) is 2.62. The fourth-order valence-corrected chi connectivity index (χ4v) is 5.70. The van der Waals surface area contributed by atoms with Gasteiger partial charge in [0.2, 0.25) is 0 Å². The lowest BCUT2D eigenvalue weighted by Crippen LogP contribution is -2.57. The smallest absolute Gasteiger partial charge is 0.407 e. The van der Waals surface area contributed by atoms with Gasteiger partial charge in [-0.15, -0.1) is 6.58 Å². The minimum Gasteiger partial charge on any atom is -0.445 e. The van der Waals surface area contributed by atoms with Crippen molar-refractivity contribution in [1.29, 1.82) is 0 Å². The van der Waals surface area contributed by atoms with Crippen LogP contribution in [0.15, 0.2) is 43.0 Å². The first-order chi connectivity index (χ1) is 13.1. The number of amides is 1. The molecule has 2 rings (SSSR count). The van der Waals surface area contributed by atoms with E-state index in [2.05, 4.69) is 45.8 Å².